The number of aromatic hydroxyl groups is 1. The van der Waals surface area contributed by atoms with Crippen LogP contribution in [0.25, 0.3) is 22.1 Å². The second-order valence-electron chi connectivity index (χ2n) is 5.33. The van der Waals surface area contributed by atoms with Gasteiger partial charge in [0.15, 0.2) is 0 Å². The first-order valence-corrected chi connectivity index (χ1v) is 7.83. The van der Waals surface area contributed by atoms with E-state index in [0.29, 0.717) is 39.2 Å². The topological polar surface area (TPSA) is 82.7 Å². The summed E-state index contributed by atoms with van der Waals surface area (Å²) < 4.78 is 5.66. The Labute approximate surface area is 143 Å². The van der Waals surface area contributed by atoms with Crippen molar-refractivity contribution in [1.29, 1.82) is 0 Å². The molecule has 2 aromatic carbocycles. The van der Waals surface area contributed by atoms with E-state index in [0.717, 1.165) is 0 Å². The third kappa shape index (κ3) is 3.14. The minimum atomic E-state index is -0.179. The Morgan fingerprint density at radius 2 is 1.88 bits per heavy atom. The minimum Gasteiger partial charge on any atom is -0.507 e. The molecule has 0 aliphatic heterocycles. The molecule has 0 saturated carbocycles. The van der Waals surface area contributed by atoms with E-state index >= 15 is 0 Å². The maximum atomic E-state index is 12.8. The van der Waals surface area contributed by atoms with E-state index in [4.69, 9.17) is 21.1 Å². The van der Waals surface area contributed by atoms with Gasteiger partial charge in [-0.3, -0.25) is 4.79 Å². The van der Waals surface area contributed by atoms with Gasteiger partial charge in [0.05, 0.1) is 23.1 Å². The molecule has 1 heterocycles. The van der Waals surface area contributed by atoms with Crippen LogP contribution in [0.2, 0.25) is 5.02 Å². The third-order valence-corrected chi connectivity index (χ3v) is 4.02. The number of hydrogen-bond donors (Lipinski definition) is 3. The molecule has 3 aromatic rings. The van der Waals surface area contributed by atoms with Crippen LogP contribution in [0.15, 0.2) is 51.9 Å². The molecule has 124 valence electrons. The molecule has 0 bridgehead atoms. The fourth-order valence-electron chi connectivity index (χ4n) is 2.54. The maximum absolute atomic E-state index is 12.8. The molecule has 5 nitrogen and oxygen atoms in total. The molecule has 0 radical (unpaired) electrons. The molecule has 0 aliphatic rings. The van der Waals surface area contributed by atoms with Crippen molar-refractivity contribution >= 4 is 22.6 Å². The summed E-state index contributed by atoms with van der Waals surface area (Å²) in [5.74, 6) is 0.0373. The second-order valence-corrected chi connectivity index (χ2v) is 5.76. The molecule has 3 N–H and O–H groups in total. The Hall–Kier alpha value is -2.34. The van der Waals surface area contributed by atoms with Crippen LogP contribution < -0.4 is 10.7 Å². The van der Waals surface area contributed by atoms with E-state index in [-0.39, 0.29) is 24.3 Å². The van der Waals surface area contributed by atoms with Crippen LogP contribution in [0, 0.1) is 0 Å². The van der Waals surface area contributed by atoms with Crippen molar-refractivity contribution in [1.82, 2.24) is 5.32 Å². The lowest BCUT2D eigenvalue weighted by Gasteiger charge is -2.10. The smallest absolute Gasteiger partial charge is 0.200 e. The summed E-state index contributed by atoms with van der Waals surface area (Å²) in [6.45, 7) is 0.645. The van der Waals surface area contributed by atoms with E-state index in [2.05, 4.69) is 5.32 Å². The highest BCUT2D eigenvalue weighted by atomic mass is 35.5. The van der Waals surface area contributed by atoms with Gasteiger partial charge in [-0.05, 0) is 29.8 Å². The van der Waals surface area contributed by atoms with Crippen LogP contribution in [0.4, 0.5) is 0 Å². The van der Waals surface area contributed by atoms with Gasteiger partial charge in [0.1, 0.15) is 17.6 Å². The normalized spacial score (nSPS) is 11.1. The molecular weight excluding hydrogens is 330 g/mol. The fraction of sp³-hybridized carbons (Fsp3) is 0.167. The molecule has 0 aliphatic carbocycles. The largest absolute Gasteiger partial charge is 0.507 e. The number of fused-ring (bicyclic) bond motifs is 1. The van der Waals surface area contributed by atoms with Crippen LogP contribution in [-0.2, 0) is 6.54 Å². The number of phenolic OH excluding ortho intramolecular Hbond substituents is 1. The van der Waals surface area contributed by atoms with Crippen molar-refractivity contribution in [3.8, 4) is 16.9 Å². The summed E-state index contributed by atoms with van der Waals surface area (Å²) in [5.41, 5.74) is 1.79. The minimum absolute atomic E-state index is 0.0177. The molecule has 0 saturated heterocycles. The molecule has 3 rings (SSSR count). The zero-order valence-corrected chi connectivity index (χ0v) is 13.5. The monoisotopic (exact) mass is 345 g/mol. The summed E-state index contributed by atoms with van der Waals surface area (Å²) in [6, 6.07) is 9.95. The van der Waals surface area contributed by atoms with Crippen molar-refractivity contribution in [2.75, 3.05) is 13.2 Å². The number of aliphatic hydroxyl groups is 1. The number of aliphatic hydroxyl groups excluding tert-OH is 1. The first-order chi connectivity index (χ1) is 11.6. The Morgan fingerprint density at radius 1 is 1.12 bits per heavy atom. The molecular formula is C18H16ClNO4. The quantitative estimate of drug-likeness (QED) is 0.619. The van der Waals surface area contributed by atoms with Crippen molar-refractivity contribution in [2.45, 2.75) is 6.54 Å². The van der Waals surface area contributed by atoms with E-state index in [9.17, 15) is 9.90 Å². The summed E-state index contributed by atoms with van der Waals surface area (Å²) in [5, 5.41) is 22.8. The number of halogens is 1. The summed E-state index contributed by atoms with van der Waals surface area (Å²) in [7, 11) is 0. The van der Waals surface area contributed by atoms with Gasteiger partial charge in [-0.15, -0.1) is 0 Å². The highest BCUT2D eigenvalue weighted by molar-refractivity contribution is 6.30. The Bertz CT molecular complexity index is 919. The lowest BCUT2D eigenvalue weighted by Crippen LogP contribution is -2.18. The van der Waals surface area contributed by atoms with Crippen LogP contribution in [0.5, 0.6) is 5.75 Å². The summed E-state index contributed by atoms with van der Waals surface area (Å²) >= 11 is 5.88. The molecule has 0 atom stereocenters. The van der Waals surface area contributed by atoms with Crippen LogP contribution in [0.1, 0.15) is 5.56 Å². The van der Waals surface area contributed by atoms with Gasteiger partial charge in [0, 0.05) is 18.1 Å². The Kier molecular flexibility index (Phi) is 4.85. The zero-order chi connectivity index (χ0) is 17.1. The lowest BCUT2D eigenvalue weighted by atomic mass is 10.0. The van der Waals surface area contributed by atoms with Gasteiger partial charge in [0.2, 0.25) is 5.43 Å². The van der Waals surface area contributed by atoms with Gasteiger partial charge >= 0.3 is 0 Å². The van der Waals surface area contributed by atoms with Crippen molar-refractivity contribution < 1.29 is 14.6 Å². The molecule has 24 heavy (non-hydrogen) atoms. The molecule has 0 unspecified atom stereocenters. The molecule has 0 spiro atoms. The highest BCUT2D eigenvalue weighted by Gasteiger charge is 2.14. The summed E-state index contributed by atoms with van der Waals surface area (Å²) in [4.78, 5) is 12.8. The van der Waals surface area contributed by atoms with Gasteiger partial charge in [-0.2, -0.15) is 0 Å². The standard InChI is InChI=1S/C18H16ClNO4/c19-12-3-1-11(2-4-12)15-10-24-18-13(17(15)23)5-6-16(22)14(18)9-20-7-8-21/h1-6,10,20-22H,7-9H2. The molecule has 0 amide bonds. The number of phenols is 1. The highest BCUT2D eigenvalue weighted by Crippen LogP contribution is 2.28. The van der Waals surface area contributed by atoms with E-state index in [1.807, 2.05) is 0 Å². The fourth-order valence-corrected chi connectivity index (χ4v) is 2.67. The number of hydrogen-bond acceptors (Lipinski definition) is 5. The first-order valence-electron chi connectivity index (χ1n) is 7.45. The van der Waals surface area contributed by atoms with Gasteiger partial charge in [0.25, 0.3) is 0 Å². The van der Waals surface area contributed by atoms with E-state index < -0.39 is 0 Å². The Balaban J connectivity index is 2.11. The van der Waals surface area contributed by atoms with Crippen LogP contribution in [-0.4, -0.2) is 23.4 Å². The van der Waals surface area contributed by atoms with Crippen molar-refractivity contribution in [2.24, 2.45) is 0 Å². The van der Waals surface area contributed by atoms with Crippen LogP contribution in [0.3, 0.4) is 0 Å². The number of benzene rings is 2. The predicted octanol–water partition coefficient (Wildman–Crippen LogP) is 2.90. The van der Waals surface area contributed by atoms with Gasteiger partial charge in [-0.1, -0.05) is 23.7 Å². The summed E-state index contributed by atoms with van der Waals surface area (Å²) in [6.07, 6.45) is 1.39. The van der Waals surface area contributed by atoms with Crippen LogP contribution >= 0.6 is 11.6 Å². The van der Waals surface area contributed by atoms with Crippen molar-refractivity contribution in [3.05, 3.63) is 63.5 Å². The molecule has 0 fully saturated rings. The number of rotatable bonds is 5. The average molecular weight is 346 g/mol. The van der Waals surface area contributed by atoms with E-state index in [1.165, 1.54) is 12.3 Å². The van der Waals surface area contributed by atoms with Gasteiger partial charge < -0.3 is 19.9 Å². The molecule has 6 heteroatoms. The first kappa shape index (κ1) is 16.5. The van der Waals surface area contributed by atoms with E-state index in [1.54, 1.807) is 30.3 Å². The predicted molar refractivity (Wildman–Crippen MR) is 93.4 cm³/mol. The zero-order valence-electron chi connectivity index (χ0n) is 12.8. The average Bonchev–Trinajstić information content (AvgIpc) is 2.58. The third-order valence-electron chi connectivity index (χ3n) is 3.77. The SMILES string of the molecule is O=c1c(-c2ccc(Cl)cc2)coc2c(CNCCO)c(O)ccc12. The van der Waals surface area contributed by atoms with Gasteiger partial charge in [-0.25, -0.2) is 0 Å². The number of nitrogens with one attached hydrogen (secondary N) is 1. The lowest BCUT2D eigenvalue weighted by molar-refractivity contribution is 0.291. The Morgan fingerprint density at radius 3 is 2.58 bits per heavy atom. The van der Waals surface area contributed by atoms with Crippen molar-refractivity contribution in [3.63, 3.8) is 0 Å². The second kappa shape index (κ2) is 7.05. The maximum Gasteiger partial charge on any atom is 0.200 e. The molecule has 1 aromatic heterocycles.